The summed E-state index contributed by atoms with van der Waals surface area (Å²) in [4.78, 5) is 28.9. The van der Waals surface area contributed by atoms with Crippen LogP contribution in [0.1, 0.15) is 51.0 Å². The van der Waals surface area contributed by atoms with Crippen LogP contribution in [0.15, 0.2) is 53.4 Å². The molecule has 0 bridgehead atoms. The Morgan fingerprint density at radius 2 is 1.62 bits per heavy atom. The molecule has 3 rings (SSSR count). The maximum atomic E-state index is 13.1. The van der Waals surface area contributed by atoms with Crippen LogP contribution in [0.3, 0.4) is 0 Å². The second-order valence-corrected chi connectivity index (χ2v) is 10.3. The monoisotopic (exact) mass is 492 g/mol. The van der Waals surface area contributed by atoms with Crippen molar-refractivity contribution in [3.05, 3.63) is 64.1 Å². The van der Waals surface area contributed by atoms with Crippen LogP contribution in [-0.2, 0) is 16.1 Å². The Morgan fingerprint density at radius 3 is 2.25 bits per heavy atom. The van der Waals surface area contributed by atoms with Gasteiger partial charge in [0.25, 0.3) is 0 Å². The highest BCUT2D eigenvalue weighted by molar-refractivity contribution is 7.99. The average molecular weight is 494 g/mol. The molecule has 2 aromatic rings. The van der Waals surface area contributed by atoms with Gasteiger partial charge in [-0.1, -0.05) is 48.2 Å². The van der Waals surface area contributed by atoms with E-state index in [1.165, 1.54) is 0 Å². The van der Waals surface area contributed by atoms with Crippen molar-refractivity contribution >= 4 is 46.8 Å². The summed E-state index contributed by atoms with van der Waals surface area (Å²) in [5.74, 6) is 0.741. The summed E-state index contributed by atoms with van der Waals surface area (Å²) in [5, 5.41) is 4.50. The number of thioether (sulfide) groups is 1. The number of hydrogen-bond donors (Lipinski definition) is 1. The van der Waals surface area contributed by atoms with Crippen LogP contribution in [0.4, 0.5) is 0 Å². The normalized spacial score (nSPS) is 14.8. The van der Waals surface area contributed by atoms with Gasteiger partial charge in [-0.3, -0.25) is 9.59 Å². The fourth-order valence-corrected chi connectivity index (χ4v) is 4.95. The van der Waals surface area contributed by atoms with Crippen LogP contribution in [-0.4, -0.2) is 34.6 Å². The van der Waals surface area contributed by atoms with Gasteiger partial charge < -0.3 is 10.2 Å². The number of carbonyl (C=O) groups excluding carboxylic acids is 2. The molecule has 1 atom stereocenters. The van der Waals surface area contributed by atoms with Crippen molar-refractivity contribution in [3.8, 4) is 0 Å². The fourth-order valence-electron chi connectivity index (χ4n) is 3.85. The van der Waals surface area contributed by atoms with E-state index in [0.717, 1.165) is 48.3 Å². The molecule has 1 unspecified atom stereocenters. The maximum absolute atomic E-state index is 13.1. The molecule has 0 spiro atoms. The molecule has 32 heavy (non-hydrogen) atoms. The van der Waals surface area contributed by atoms with Crippen LogP contribution >= 0.6 is 35.0 Å². The molecule has 0 radical (unpaired) electrons. The quantitative estimate of drug-likeness (QED) is 0.310. The Morgan fingerprint density at radius 1 is 1.03 bits per heavy atom. The van der Waals surface area contributed by atoms with Crippen molar-refractivity contribution in [2.75, 3.05) is 5.75 Å². The lowest BCUT2D eigenvalue weighted by Gasteiger charge is -2.30. The molecule has 7 heteroatoms. The average Bonchev–Trinajstić information content (AvgIpc) is 3.30. The highest BCUT2D eigenvalue weighted by atomic mass is 35.5. The van der Waals surface area contributed by atoms with Gasteiger partial charge >= 0.3 is 0 Å². The van der Waals surface area contributed by atoms with Crippen LogP contribution < -0.4 is 5.32 Å². The lowest BCUT2D eigenvalue weighted by Crippen LogP contribution is -2.49. The lowest BCUT2D eigenvalue weighted by atomic mass is 10.1. The molecule has 1 aliphatic rings. The number of nitrogens with one attached hydrogen (secondary N) is 1. The van der Waals surface area contributed by atoms with Gasteiger partial charge in [-0.25, -0.2) is 0 Å². The standard InChI is InChI=1S/C25H30Cl2N2O2S/c1-18(25(31)28-22-5-2-3-6-22)29(17-19-8-10-20(26)11-9-19)24(30)7-4-16-32-23-14-12-21(27)13-15-23/h8-15,18,22H,2-7,16-17H2,1H3,(H,28,31). The van der Waals surface area contributed by atoms with E-state index in [1.54, 1.807) is 16.7 Å². The molecular weight excluding hydrogens is 463 g/mol. The highest BCUT2D eigenvalue weighted by Gasteiger charge is 2.28. The van der Waals surface area contributed by atoms with Crippen molar-refractivity contribution in [3.63, 3.8) is 0 Å². The van der Waals surface area contributed by atoms with E-state index in [-0.39, 0.29) is 17.9 Å². The van der Waals surface area contributed by atoms with Gasteiger partial charge in [-0.15, -0.1) is 11.8 Å². The molecule has 1 aliphatic carbocycles. The summed E-state index contributed by atoms with van der Waals surface area (Å²) in [5.41, 5.74) is 0.957. The minimum atomic E-state index is -0.525. The Bertz CT molecular complexity index is 884. The van der Waals surface area contributed by atoms with Crippen molar-refractivity contribution < 1.29 is 9.59 Å². The number of hydrogen-bond acceptors (Lipinski definition) is 3. The van der Waals surface area contributed by atoms with E-state index in [4.69, 9.17) is 23.2 Å². The van der Waals surface area contributed by atoms with Crippen LogP contribution in [0.2, 0.25) is 10.0 Å². The zero-order valence-electron chi connectivity index (χ0n) is 18.4. The largest absolute Gasteiger partial charge is 0.352 e. The van der Waals surface area contributed by atoms with Crippen molar-refractivity contribution in [2.45, 2.75) is 69.0 Å². The van der Waals surface area contributed by atoms with Crippen LogP contribution in [0.5, 0.6) is 0 Å². The first-order valence-electron chi connectivity index (χ1n) is 11.1. The van der Waals surface area contributed by atoms with E-state index < -0.39 is 6.04 Å². The molecule has 2 amide bonds. The number of rotatable bonds is 10. The van der Waals surface area contributed by atoms with E-state index in [9.17, 15) is 9.59 Å². The molecule has 0 aromatic heterocycles. The number of amides is 2. The fraction of sp³-hybridized carbons (Fsp3) is 0.440. The minimum absolute atomic E-state index is 0.00859. The molecule has 0 heterocycles. The zero-order chi connectivity index (χ0) is 22.9. The second-order valence-electron chi connectivity index (χ2n) is 8.22. The molecule has 1 fully saturated rings. The second kappa shape index (κ2) is 12.5. The predicted molar refractivity (Wildman–Crippen MR) is 133 cm³/mol. The molecule has 0 aliphatic heterocycles. The first kappa shape index (κ1) is 24.9. The first-order valence-corrected chi connectivity index (χ1v) is 12.9. The van der Waals surface area contributed by atoms with Crippen molar-refractivity contribution in [1.82, 2.24) is 10.2 Å². The van der Waals surface area contributed by atoms with Gasteiger partial charge in [-0.05, 0) is 73.9 Å². The molecule has 172 valence electrons. The lowest BCUT2D eigenvalue weighted by molar-refractivity contribution is -0.140. The molecular formula is C25H30Cl2N2O2S. The van der Waals surface area contributed by atoms with E-state index >= 15 is 0 Å². The van der Waals surface area contributed by atoms with Gasteiger partial charge in [0.2, 0.25) is 11.8 Å². The predicted octanol–water partition coefficient (Wildman–Crippen LogP) is 6.34. The maximum Gasteiger partial charge on any atom is 0.242 e. The molecule has 0 saturated heterocycles. The number of benzene rings is 2. The first-order chi connectivity index (χ1) is 15.4. The minimum Gasteiger partial charge on any atom is -0.352 e. The third-order valence-electron chi connectivity index (χ3n) is 5.75. The molecule has 1 N–H and O–H groups in total. The number of carbonyl (C=O) groups is 2. The Hall–Kier alpha value is -1.69. The molecule has 1 saturated carbocycles. The topological polar surface area (TPSA) is 49.4 Å². The Labute approximate surface area is 205 Å². The number of nitrogens with zero attached hydrogens (tertiary/aromatic N) is 1. The summed E-state index contributed by atoms with van der Waals surface area (Å²) in [7, 11) is 0. The number of halogens is 2. The summed E-state index contributed by atoms with van der Waals surface area (Å²) in [6.45, 7) is 2.21. The zero-order valence-corrected chi connectivity index (χ0v) is 20.7. The van der Waals surface area contributed by atoms with Crippen LogP contribution in [0, 0.1) is 0 Å². The summed E-state index contributed by atoms with van der Waals surface area (Å²) >= 11 is 13.6. The van der Waals surface area contributed by atoms with Gasteiger partial charge in [0.15, 0.2) is 0 Å². The third kappa shape index (κ3) is 7.72. The van der Waals surface area contributed by atoms with Crippen molar-refractivity contribution in [1.29, 1.82) is 0 Å². The van der Waals surface area contributed by atoms with E-state index in [0.29, 0.717) is 23.0 Å². The van der Waals surface area contributed by atoms with Gasteiger partial charge in [-0.2, -0.15) is 0 Å². The van der Waals surface area contributed by atoms with Crippen molar-refractivity contribution in [2.24, 2.45) is 0 Å². The molecule has 4 nitrogen and oxygen atoms in total. The molecule has 2 aromatic carbocycles. The SMILES string of the molecule is CC(C(=O)NC1CCCC1)N(Cc1ccc(Cl)cc1)C(=O)CCCSc1ccc(Cl)cc1. The summed E-state index contributed by atoms with van der Waals surface area (Å²) < 4.78 is 0. The van der Waals surface area contributed by atoms with E-state index in [2.05, 4.69) is 5.32 Å². The highest BCUT2D eigenvalue weighted by Crippen LogP contribution is 2.23. The van der Waals surface area contributed by atoms with Gasteiger partial charge in [0, 0.05) is 33.9 Å². The van der Waals surface area contributed by atoms with Gasteiger partial charge in [0.1, 0.15) is 6.04 Å². The summed E-state index contributed by atoms with van der Waals surface area (Å²) in [6.07, 6.45) is 5.47. The van der Waals surface area contributed by atoms with E-state index in [1.807, 2.05) is 55.5 Å². The summed E-state index contributed by atoms with van der Waals surface area (Å²) in [6, 6.07) is 14.8. The Balaban J connectivity index is 1.59. The van der Waals surface area contributed by atoms with Gasteiger partial charge in [0.05, 0.1) is 0 Å². The third-order valence-corrected chi connectivity index (χ3v) is 7.35. The Kier molecular flexibility index (Phi) is 9.76. The smallest absolute Gasteiger partial charge is 0.242 e. The van der Waals surface area contributed by atoms with Crippen LogP contribution in [0.25, 0.3) is 0 Å².